The number of hydrogen-bond acceptors (Lipinski definition) is 6. The number of hydrogen-bond donors (Lipinski definition) is 1. The summed E-state index contributed by atoms with van der Waals surface area (Å²) in [6, 6.07) is 19.8. The number of aliphatic hydroxyl groups excluding tert-OH is 1. The molecule has 2 aliphatic heterocycles. The highest BCUT2D eigenvalue weighted by atomic mass is 28.4. The predicted octanol–water partition coefficient (Wildman–Crippen LogP) is 4.79. The van der Waals surface area contributed by atoms with Crippen molar-refractivity contribution in [3.8, 4) is 0 Å². The van der Waals surface area contributed by atoms with E-state index in [0.29, 0.717) is 13.2 Å². The van der Waals surface area contributed by atoms with E-state index in [4.69, 9.17) is 23.4 Å². The third kappa shape index (κ3) is 5.57. The SMILES string of the molecule is CC(C)(C)[Si](C)(C)O[C@H]1[C@@H](OCc2ccccc2)[C@@H]2OC(c3ccccc3)OC[C@H]2O[C@@H]1O. The Labute approximate surface area is 197 Å². The molecule has 0 aromatic heterocycles. The van der Waals surface area contributed by atoms with Gasteiger partial charge in [0.15, 0.2) is 20.9 Å². The van der Waals surface area contributed by atoms with E-state index >= 15 is 0 Å². The quantitative estimate of drug-likeness (QED) is 0.610. The molecule has 2 heterocycles. The van der Waals surface area contributed by atoms with Crippen LogP contribution in [0.15, 0.2) is 60.7 Å². The Morgan fingerprint density at radius 1 is 0.939 bits per heavy atom. The molecule has 2 saturated heterocycles. The van der Waals surface area contributed by atoms with Crippen LogP contribution in [-0.2, 0) is 30.0 Å². The zero-order valence-electron chi connectivity index (χ0n) is 20.1. The fourth-order valence-electron chi connectivity index (χ4n) is 3.94. The fraction of sp³-hybridized carbons (Fsp3) is 0.538. The van der Waals surface area contributed by atoms with Crippen LogP contribution in [-0.4, -0.2) is 50.7 Å². The molecule has 6 atom stereocenters. The number of ether oxygens (including phenoxy) is 4. The van der Waals surface area contributed by atoms with E-state index in [9.17, 15) is 5.11 Å². The van der Waals surface area contributed by atoms with Crippen LogP contribution in [0.25, 0.3) is 0 Å². The monoisotopic (exact) mass is 472 g/mol. The maximum Gasteiger partial charge on any atom is 0.192 e. The van der Waals surface area contributed by atoms with E-state index in [1.54, 1.807) is 0 Å². The first kappa shape index (κ1) is 24.5. The molecule has 7 heteroatoms. The fourth-order valence-corrected chi connectivity index (χ4v) is 5.23. The minimum absolute atomic E-state index is 0.0311. The van der Waals surface area contributed by atoms with Crippen molar-refractivity contribution in [1.29, 1.82) is 0 Å². The van der Waals surface area contributed by atoms with E-state index in [1.807, 2.05) is 60.7 Å². The topological polar surface area (TPSA) is 66.4 Å². The standard InChI is InChI=1S/C26H36O6Si/c1-26(2,3)33(4,5)32-23-22(28-16-18-12-8-6-9-13-18)21-20(30-24(23)27)17-29-25(31-21)19-14-10-7-11-15-19/h6-15,20-25,27H,16-17H2,1-5H3/t20-,21-,22+,23+,24+,25?/m1/s1. The van der Waals surface area contributed by atoms with Gasteiger partial charge in [-0.2, -0.15) is 0 Å². The summed E-state index contributed by atoms with van der Waals surface area (Å²) in [5, 5.41) is 10.9. The van der Waals surface area contributed by atoms with Crippen LogP contribution < -0.4 is 0 Å². The van der Waals surface area contributed by atoms with Gasteiger partial charge in [-0.1, -0.05) is 81.4 Å². The molecule has 180 valence electrons. The smallest absolute Gasteiger partial charge is 0.192 e. The maximum atomic E-state index is 11.0. The summed E-state index contributed by atoms with van der Waals surface area (Å²) in [5.74, 6) is 0. The average molecular weight is 473 g/mol. The molecule has 4 rings (SSSR count). The van der Waals surface area contributed by atoms with E-state index in [0.717, 1.165) is 11.1 Å². The van der Waals surface area contributed by atoms with Crippen LogP contribution in [0.1, 0.15) is 38.2 Å². The van der Waals surface area contributed by atoms with Crippen molar-refractivity contribution >= 4 is 8.32 Å². The summed E-state index contributed by atoms with van der Waals surface area (Å²) in [4.78, 5) is 0. The van der Waals surface area contributed by atoms with Gasteiger partial charge in [-0.25, -0.2) is 0 Å². The van der Waals surface area contributed by atoms with Crippen LogP contribution in [0.3, 0.4) is 0 Å². The lowest BCUT2D eigenvalue weighted by Crippen LogP contribution is -2.65. The Morgan fingerprint density at radius 3 is 2.21 bits per heavy atom. The molecule has 1 unspecified atom stereocenters. The van der Waals surface area contributed by atoms with Crippen LogP contribution in [0.5, 0.6) is 0 Å². The highest BCUT2D eigenvalue weighted by molar-refractivity contribution is 6.74. The largest absolute Gasteiger partial charge is 0.406 e. The van der Waals surface area contributed by atoms with Gasteiger partial charge in [0, 0.05) is 5.56 Å². The molecular formula is C26H36O6Si. The zero-order chi connectivity index (χ0) is 23.6. The van der Waals surface area contributed by atoms with Gasteiger partial charge in [0.2, 0.25) is 0 Å². The van der Waals surface area contributed by atoms with Gasteiger partial charge in [0.1, 0.15) is 24.4 Å². The molecule has 6 nitrogen and oxygen atoms in total. The molecule has 2 aromatic rings. The van der Waals surface area contributed by atoms with Crippen LogP contribution in [0.2, 0.25) is 18.1 Å². The summed E-state index contributed by atoms with van der Waals surface area (Å²) in [6.45, 7) is 11.5. The molecule has 0 amide bonds. The molecule has 1 N–H and O–H groups in total. The van der Waals surface area contributed by atoms with Gasteiger partial charge in [0.05, 0.1) is 13.2 Å². The first-order valence-corrected chi connectivity index (χ1v) is 14.6. The minimum atomic E-state index is -2.23. The third-order valence-corrected chi connectivity index (χ3v) is 11.4. The molecule has 0 bridgehead atoms. The molecule has 2 fully saturated rings. The van der Waals surface area contributed by atoms with Crippen molar-refractivity contribution in [2.75, 3.05) is 6.61 Å². The Morgan fingerprint density at radius 2 is 1.58 bits per heavy atom. The third-order valence-electron chi connectivity index (χ3n) is 6.90. The van der Waals surface area contributed by atoms with Gasteiger partial charge >= 0.3 is 0 Å². The number of fused-ring (bicyclic) bond motifs is 1. The first-order chi connectivity index (χ1) is 15.7. The van der Waals surface area contributed by atoms with Crippen molar-refractivity contribution in [1.82, 2.24) is 0 Å². The Kier molecular flexibility index (Phi) is 7.40. The van der Waals surface area contributed by atoms with Crippen molar-refractivity contribution in [2.45, 2.75) is 82.5 Å². The maximum absolute atomic E-state index is 11.0. The van der Waals surface area contributed by atoms with Gasteiger partial charge in [-0.15, -0.1) is 0 Å². The van der Waals surface area contributed by atoms with Gasteiger partial charge in [-0.3, -0.25) is 0 Å². The van der Waals surface area contributed by atoms with Gasteiger partial charge in [0.25, 0.3) is 0 Å². The summed E-state index contributed by atoms with van der Waals surface area (Å²) in [6.07, 6.45) is -3.70. The van der Waals surface area contributed by atoms with Gasteiger partial charge in [-0.05, 0) is 23.7 Å². The second-order valence-corrected chi connectivity index (χ2v) is 15.1. The Bertz CT molecular complexity index is 885. The van der Waals surface area contributed by atoms with Crippen LogP contribution in [0, 0.1) is 0 Å². The zero-order valence-corrected chi connectivity index (χ0v) is 21.1. The average Bonchev–Trinajstić information content (AvgIpc) is 2.79. The Hall–Kier alpha value is -1.58. The van der Waals surface area contributed by atoms with E-state index in [-0.39, 0.29) is 5.04 Å². The van der Waals surface area contributed by atoms with E-state index in [2.05, 4.69) is 33.9 Å². The van der Waals surface area contributed by atoms with Crippen LogP contribution >= 0.6 is 0 Å². The Balaban J connectivity index is 1.60. The second kappa shape index (κ2) is 9.96. The molecule has 0 radical (unpaired) electrons. The lowest BCUT2D eigenvalue weighted by Gasteiger charge is -2.50. The highest BCUT2D eigenvalue weighted by Crippen LogP contribution is 2.41. The predicted molar refractivity (Wildman–Crippen MR) is 128 cm³/mol. The van der Waals surface area contributed by atoms with Crippen molar-refractivity contribution < 1.29 is 28.5 Å². The number of aliphatic hydroxyl groups is 1. The van der Waals surface area contributed by atoms with E-state index < -0.39 is 45.3 Å². The van der Waals surface area contributed by atoms with Crippen molar-refractivity contribution in [2.24, 2.45) is 0 Å². The molecule has 2 aliphatic rings. The lowest BCUT2D eigenvalue weighted by atomic mass is 9.97. The number of rotatable bonds is 6. The molecule has 0 aliphatic carbocycles. The van der Waals surface area contributed by atoms with Crippen molar-refractivity contribution in [3.05, 3.63) is 71.8 Å². The highest BCUT2D eigenvalue weighted by Gasteiger charge is 2.53. The lowest BCUT2D eigenvalue weighted by molar-refractivity contribution is -0.358. The summed E-state index contributed by atoms with van der Waals surface area (Å²) in [5.41, 5.74) is 1.98. The molecule has 33 heavy (non-hydrogen) atoms. The van der Waals surface area contributed by atoms with Gasteiger partial charge < -0.3 is 28.5 Å². The molecular weight excluding hydrogens is 436 g/mol. The molecule has 0 saturated carbocycles. The second-order valence-electron chi connectivity index (χ2n) is 10.3. The van der Waals surface area contributed by atoms with E-state index in [1.165, 1.54) is 0 Å². The normalized spacial score (nSPS) is 30.6. The first-order valence-electron chi connectivity index (χ1n) is 11.6. The summed E-state index contributed by atoms with van der Waals surface area (Å²) in [7, 11) is -2.23. The van der Waals surface area contributed by atoms with Crippen LogP contribution in [0.4, 0.5) is 0 Å². The summed E-state index contributed by atoms with van der Waals surface area (Å²) < 4.78 is 31.4. The molecule has 0 spiro atoms. The summed E-state index contributed by atoms with van der Waals surface area (Å²) >= 11 is 0. The molecule has 2 aromatic carbocycles. The number of benzene rings is 2. The minimum Gasteiger partial charge on any atom is -0.406 e. The van der Waals surface area contributed by atoms with Crippen molar-refractivity contribution in [3.63, 3.8) is 0 Å².